The zero-order chi connectivity index (χ0) is 22.3. The van der Waals surface area contributed by atoms with Gasteiger partial charge in [-0.25, -0.2) is 8.42 Å². The maximum atomic E-state index is 12.9. The van der Waals surface area contributed by atoms with Gasteiger partial charge < -0.3 is 20.1 Å². The molecule has 3 rings (SSSR count). The summed E-state index contributed by atoms with van der Waals surface area (Å²) in [5.74, 6) is 1.71. The first-order valence-corrected chi connectivity index (χ1v) is 12.0. The number of nitrogens with one attached hydrogen (secondary N) is 2. The van der Waals surface area contributed by atoms with E-state index in [0.717, 1.165) is 23.4 Å². The van der Waals surface area contributed by atoms with Crippen molar-refractivity contribution in [1.29, 1.82) is 0 Å². The van der Waals surface area contributed by atoms with Crippen LogP contribution in [0.3, 0.4) is 0 Å². The standard InChI is InChI=1S/C22H30N4O4S.HI/c1-4-23-22(25-18-10-11-20(29-3)21(16-18)30-5-2)24-13-15-31(27,28)26-14-12-17-8-6-7-9-19(17)26;/h6-11,16H,4-5,12-15H2,1-3H3,(H2,23,24,25);1H. The number of sulfonamides is 1. The highest BCUT2D eigenvalue weighted by Gasteiger charge is 2.28. The van der Waals surface area contributed by atoms with Crippen LogP contribution < -0.4 is 24.4 Å². The minimum Gasteiger partial charge on any atom is -0.493 e. The van der Waals surface area contributed by atoms with E-state index in [1.807, 2.05) is 56.3 Å². The van der Waals surface area contributed by atoms with Gasteiger partial charge in [-0.1, -0.05) is 18.2 Å². The molecule has 0 radical (unpaired) electrons. The van der Waals surface area contributed by atoms with E-state index in [0.29, 0.717) is 37.2 Å². The molecule has 0 spiro atoms. The second kappa shape index (κ2) is 12.1. The van der Waals surface area contributed by atoms with E-state index in [2.05, 4.69) is 15.6 Å². The van der Waals surface area contributed by atoms with Crippen LogP contribution in [0, 0.1) is 0 Å². The molecule has 1 heterocycles. The Kier molecular flexibility index (Phi) is 9.88. The number of anilines is 2. The number of para-hydroxylation sites is 1. The van der Waals surface area contributed by atoms with E-state index in [-0.39, 0.29) is 36.3 Å². The summed E-state index contributed by atoms with van der Waals surface area (Å²) >= 11 is 0. The average molecular weight is 574 g/mol. The molecule has 0 aliphatic carbocycles. The number of methoxy groups -OCH3 is 1. The molecule has 0 saturated heterocycles. The quantitative estimate of drug-likeness (QED) is 0.271. The molecule has 0 fully saturated rings. The number of hydrogen-bond acceptors (Lipinski definition) is 5. The largest absolute Gasteiger partial charge is 0.493 e. The highest BCUT2D eigenvalue weighted by atomic mass is 127. The summed E-state index contributed by atoms with van der Waals surface area (Å²) in [4.78, 5) is 4.46. The van der Waals surface area contributed by atoms with Crippen LogP contribution in [0.5, 0.6) is 11.5 Å². The number of hydrogen-bond donors (Lipinski definition) is 2. The Morgan fingerprint density at radius 3 is 2.66 bits per heavy atom. The van der Waals surface area contributed by atoms with E-state index >= 15 is 0 Å². The number of nitrogens with zero attached hydrogens (tertiary/aromatic N) is 2. The van der Waals surface area contributed by atoms with Crippen molar-refractivity contribution in [3.05, 3.63) is 48.0 Å². The average Bonchev–Trinajstić information content (AvgIpc) is 3.19. The van der Waals surface area contributed by atoms with Gasteiger partial charge >= 0.3 is 0 Å². The van der Waals surface area contributed by atoms with Crippen LogP contribution in [0.2, 0.25) is 0 Å². The molecule has 0 atom stereocenters. The first-order valence-electron chi connectivity index (χ1n) is 10.4. The van der Waals surface area contributed by atoms with Gasteiger partial charge in [0.2, 0.25) is 10.0 Å². The van der Waals surface area contributed by atoms with E-state index in [1.54, 1.807) is 7.11 Å². The van der Waals surface area contributed by atoms with Crippen LogP contribution in [-0.4, -0.2) is 53.5 Å². The first-order chi connectivity index (χ1) is 15.0. The number of rotatable bonds is 9. The number of fused-ring (bicyclic) bond motifs is 1. The first kappa shape index (κ1) is 26.0. The molecule has 1 aliphatic heterocycles. The van der Waals surface area contributed by atoms with E-state index in [9.17, 15) is 8.42 Å². The minimum atomic E-state index is -3.45. The van der Waals surface area contributed by atoms with Crippen LogP contribution >= 0.6 is 24.0 Å². The fraction of sp³-hybridized carbons (Fsp3) is 0.409. The molecular formula is C22H31IN4O4S. The third kappa shape index (κ3) is 6.41. The highest BCUT2D eigenvalue weighted by molar-refractivity contribution is 14.0. The van der Waals surface area contributed by atoms with Crippen LogP contribution in [0.1, 0.15) is 19.4 Å². The van der Waals surface area contributed by atoms with E-state index < -0.39 is 10.0 Å². The van der Waals surface area contributed by atoms with Crippen molar-refractivity contribution in [2.45, 2.75) is 20.3 Å². The molecule has 0 unspecified atom stereocenters. The molecule has 0 bridgehead atoms. The number of ether oxygens (including phenoxy) is 2. The molecule has 2 aromatic carbocycles. The summed E-state index contributed by atoms with van der Waals surface area (Å²) in [5.41, 5.74) is 2.60. The molecule has 8 nitrogen and oxygen atoms in total. The Hall–Kier alpha value is -2.21. The summed E-state index contributed by atoms with van der Waals surface area (Å²) in [5, 5.41) is 6.34. The van der Waals surface area contributed by atoms with Crippen molar-refractivity contribution in [2.24, 2.45) is 4.99 Å². The Morgan fingerprint density at radius 2 is 1.94 bits per heavy atom. The molecule has 2 N–H and O–H groups in total. The summed E-state index contributed by atoms with van der Waals surface area (Å²) < 4.78 is 38.2. The van der Waals surface area contributed by atoms with Crippen molar-refractivity contribution in [2.75, 3.05) is 48.7 Å². The fourth-order valence-corrected chi connectivity index (χ4v) is 4.84. The van der Waals surface area contributed by atoms with Crippen molar-refractivity contribution in [1.82, 2.24) is 5.32 Å². The van der Waals surface area contributed by atoms with Crippen LogP contribution in [0.25, 0.3) is 0 Å². The number of benzene rings is 2. The zero-order valence-electron chi connectivity index (χ0n) is 18.6. The van der Waals surface area contributed by atoms with Gasteiger partial charge in [0.1, 0.15) is 0 Å². The maximum absolute atomic E-state index is 12.9. The SMILES string of the molecule is CCNC(=NCCS(=O)(=O)N1CCc2ccccc21)Nc1ccc(OC)c(OCC)c1.I. The molecule has 10 heteroatoms. The monoisotopic (exact) mass is 574 g/mol. The molecule has 1 aliphatic rings. The predicted molar refractivity (Wildman–Crippen MR) is 140 cm³/mol. The fourth-order valence-electron chi connectivity index (χ4n) is 3.45. The lowest BCUT2D eigenvalue weighted by molar-refractivity contribution is 0.311. The lowest BCUT2D eigenvalue weighted by Gasteiger charge is -2.19. The highest BCUT2D eigenvalue weighted by Crippen LogP contribution is 2.31. The molecule has 32 heavy (non-hydrogen) atoms. The molecule has 0 aromatic heterocycles. The molecular weight excluding hydrogens is 543 g/mol. The second-order valence-electron chi connectivity index (χ2n) is 6.95. The van der Waals surface area contributed by atoms with Gasteiger partial charge in [0, 0.05) is 24.8 Å². The molecule has 176 valence electrons. The second-order valence-corrected chi connectivity index (χ2v) is 8.96. The van der Waals surface area contributed by atoms with Gasteiger partial charge in [-0.15, -0.1) is 24.0 Å². The van der Waals surface area contributed by atoms with Gasteiger partial charge in [0.05, 0.1) is 31.7 Å². The van der Waals surface area contributed by atoms with Crippen molar-refractivity contribution in [3.63, 3.8) is 0 Å². The van der Waals surface area contributed by atoms with Crippen molar-refractivity contribution < 1.29 is 17.9 Å². The zero-order valence-corrected chi connectivity index (χ0v) is 21.8. The summed E-state index contributed by atoms with van der Waals surface area (Å²) in [6.45, 7) is 5.65. The van der Waals surface area contributed by atoms with E-state index in [1.165, 1.54) is 4.31 Å². The third-order valence-corrected chi connectivity index (χ3v) is 6.62. The summed E-state index contributed by atoms with van der Waals surface area (Å²) in [7, 11) is -1.85. The Morgan fingerprint density at radius 1 is 1.16 bits per heavy atom. The number of aliphatic imine (C=N–C) groups is 1. The third-order valence-electron chi connectivity index (χ3n) is 4.87. The van der Waals surface area contributed by atoms with E-state index in [4.69, 9.17) is 9.47 Å². The van der Waals surface area contributed by atoms with Gasteiger partial charge in [-0.2, -0.15) is 0 Å². The Balaban J connectivity index is 0.00000363. The maximum Gasteiger partial charge on any atom is 0.237 e. The van der Waals surface area contributed by atoms with Crippen LogP contribution in [0.4, 0.5) is 11.4 Å². The molecule has 0 amide bonds. The van der Waals surface area contributed by atoms with Gasteiger partial charge in [0.15, 0.2) is 17.5 Å². The van der Waals surface area contributed by atoms with Crippen LogP contribution in [-0.2, 0) is 16.4 Å². The smallest absolute Gasteiger partial charge is 0.237 e. The van der Waals surface area contributed by atoms with Gasteiger partial charge in [-0.3, -0.25) is 9.30 Å². The Bertz CT molecular complexity index is 1030. The molecule has 2 aromatic rings. The number of halogens is 1. The lowest BCUT2D eigenvalue weighted by Crippen LogP contribution is -2.34. The normalized spacial score (nSPS) is 13.2. The molecule has 0 saturated carbocycles. The van der Waals surface area contributed by atoms with Crippen molar-refractivity contribution in [3.8, 4) is 11.5 Å². The van der Waals surface area contributed by atoms with Crippen molar-refractivity contribution >= 4 is 51.3 Å². The number of guanidine groups is 1. The van der Waals surface area contributed by atoms with Gasteiger partial charge in [-0.05, 0) is 44.0 Å². The Labute approximate surface area is 207 Å². The van der Waals surface area contributed by atoms with Gasteiger partial charge in [0.25, 0.3) is 0 Å². The minimum absolute atomic E-state index is 0. The predicted octanol–water partition coefficient (Wildman–Crippen LogP) is 3.48. The summed E-state index contributed by atoms with van der Waals surface area (Å²) in [6.07, 6.45) is 0.739. The van der Waals surface area contributed by atoms with Crippen LogP contribution in [0.15, 0.2) is 47.5 Å². The lowest BCUT2D eigenvalue weighted by atomic mass is 10.2. The topological polar surface area (TPSA) is 92.3 Å². The summed E-state index contributed by atoms with van der Waals surface area (Å²) in [6, 6.07) is 13.1.